The highest BCUT2D eigenvalue weighted by atomic mass is 16.7. The van der Waals surface area contributed by atoms with Crippen molar-refractivity contribution in [1.82, 2.24) is 0 Å². The number of unbranched alkanes of at least 4 members (excludes halogenated alkanes) is 16. The minimum absolute atomic E-state index is 0.202. The Kier molecular flexibility index (Phi) is 32.8. The van der Waals surface area contributed by atoms with Crippen LogP contribution >= 0.6 is 0 Å². The topological polar surface area (TPSA) is 152 Å². The second-order valence-electron chi connectivity index (χ2n) is 14.5. The molecule has 0 amide bonds. The highest BCUT2D eigenvalue weighted by Crippen LogP contribution is 2.22. The highest BCUT2D eigenvalue weighted by molar-refractivity contribution is 5.70. The third-order valence-corrected chi connectivity index (χ3v) is 9.48. The smallest absolute Gasteiger partial charge is 0.306 e. The maximum absolute atomic E-state index is 12.7. The Morgan fingerprint density at radius 1 is 0.582 bits per heavy atom. The first-order chi connectivity index (χ1) is 26.8. The highest BCUT2D eigenvalue weighted by Gasteiger charge is 2.44. The van der Waals surface area contributed by atoms with Gasteiger partial charge in [0.2, 0.25) is 0 Å². The van der Waals surface area contributed by atoms with Crippen molar-refractivity contribution in [3.05, 3.63) is 60.8 Å². The van der Waals surface area contributed by atoms with Crippen LogP contribution in [0, 0.1) is 0 Å². The van der Waals surface area contributed by atoms with Gasteiger partial charge in [0.1, 0.15) is 31.0 Å². The van der Waals surface area contributed by atoms with E-state index in [0.29, 0.717) is 12.8 Å². The summed E-state index contributed by atoms with van der Waals surface area (Å²) in [6.45, 7) is 3.23. The summed E-state index contributed by atoms with van der Waals surface area (Å²) in [6, 6.07) is 0. The standard InChI is InChI=1S/C45H76O10/c1-3-5-7-9-11-13-15-17-19-21-23-25-27-29-31-33-40(47)52-36-38(37-53-45-44(51)43(50)42(49)39(35-46)55-45)54-41(48)34-32-30-28-26-24-22-20-18-16-14-12-10-8-6-4-2/h5,7,9,11,13,15,17,19,22,24,38-39,42-46,49-51H,3-4,6,8,10,12,14,16,18,20-21,23,25-37H2,1-2H3/b7-5+,11-9+,15-13+,19-17+,24-22+/t38-,39-,42+,43?,44?,45-/m0/s1. The molecule has 0 aliphatic carbocycles. The normalized spacial score (nSPS) is 21.2. The summed E-state index contributed by atoms with van der Waals surface area (Å²) in [5.41, 5.74) is 0. The van der Waals surface area contributed by atoms with Crippen molar-refractivity contribution in [1.29, 1.82) is 0 Å². The van der Waals surface area contributed by atoms with E-state index in [1.807, 2.05) is 30.4 Å². The van der Waals surface area contributed by atoms with E-state index in [1.165, 1.54) is 51.4 Å². The van der Waals surface area contributed by atoms with Crippen LogP contribution in [0.25, 0.3) is 0 Å². The fourth-order valence-electron chi connectivity index (χ4n) is 6.07. The van der Waals surface area contributed by atoms with Gasteiger partial charge in [-0.25, -0.2) is 0 Å². The zero-order chi connectivity index (χ0) is 40.2. The van der Waals surface area contributed by atoms with Crippen molar-refractivity contribution in [2.24, 2.45) is 0 Å². The molecule has 1 aliphatic rings. The average molecular weight is 777 g/mol. The van der Waals surface area contributed by atoms with Gasteiger partial charge in [0.25, 0.3) is 0 Å². The molecule has 0 saturated carbocycles. The van der Waals surface area contributed by atoms with Crippen LogP contribution < -0.4 is 0 Å². The van der Waals surface area contributed by atoms with Crippen LogP contribution in [0.15, 0.2) is 60.8 Å². The minimum Gasteiger partial charge on any atom is -0.462 e. The van der Waals surface area contributed by atoms with Gasteiger partial charge in [0, 0.05) is 12.8 Å². The third-order valence-electron chi connectivity index (χ3n) is 9.48. The molecule has 1 rings (SSSR count). The van der Waals surface area contributed by atoms with Crippen LogP contribution in [0.3, 0.4) is 0 Å². The molecular weight excluding hydrogens is 700 g/mol. The van der Waals surface area contributed by atoms with E-state index < -0.39 is 55.4 Å². The first kappa shape index (κ1) is 50.4. The molecule has 1 heterocycles. The number of aliphatic hydroxyl groups is 4. The van der Waals surface area contributed by atoms with E-state index in [0.717, 1.165) is 64.2 Å². The number of esters is 2. The van der Waals surface area contributed by atoms with Crippen molar-refractivity contribution in [2.45, 2.75) is 192 Å². The quantitative estimate of drug-likeness (QED) is 0.0216. The number of ether oxygens (including phenoxy) is 4. The first-order valence-electron chi connectivity index (χ1n) is 21.4. The van der Waals surface area contributed by atoms with E-state index in [9.17, 15) is 30.0 Å². The lowest BCUT2D eigenvalue weighted by Gasteiger charge is -2.39. The zero-order valence-corrected chi connectivity index (χ0v) is 34.2. The van der Waals surface area contributed by atoms with Gasteiger partial charge in [-0.3, -0.25) is 9.59 Å². The van der Waals surface area contributed by atoms with Crippen LogP contribution in [-0.4, -0.2) is 89.0 Å². The second kappa shape index (κ2) is 35.8. The number of hydrogen-bond donors (Lipinski definition) is 4. The fourth-order valence-corrected chi connectivity index (χ4v) is 6.07. The number of carbonyl (C=O) groups is 2. The molecule has 316 valence electrons. The molecule has 1 saturated heterocycles. The lowest BCUT2D eigenvalue weighted by atomic mass is 9.99. The van der Waals surface area contributed by atoms with Crippen molar-refractivity contribution >= 4 is 11.9 Å². The van der Waals surface area contributed by atoms with Crippen molar-refractivity contribution < 1.29 is 49.0 Å². The van der Waals surface area contributed by atoms with Gasteiger partial charge in [-0.2, -0.15) is 0 Å². The Balaban J connectivity index is 2.39. The molecule has 2 unspecified atom stereocenters. The van der Waals surface area contributed by atoms with Crippen molar-refractivity contribution in [3.63, 3.8) is 0 Å². The second-order valence-corrected chi connectivity index (χ2v) is 14.5. The van der Waals surface area contributed by atoms with Crippen LogP contribution in [0.5, 0.6) is 0 Å². The minimum atomic E-state index is -1.60. The number of hydrogen-bond acceptors (Lipinski definition) is 10. The molecule has 0 spiro atoms. The molecule has 0 radical (unpaired) electrons. The van der Waals surface area contributed by atoms with E-state index in [4.69, 9.17) is 18.9 Å². The monoisotopic (exact) mass is 777 g/mol. The van der Waals surface area contributed by atoms with Crippen molar-refractivity contribution in [3.8, 4) is 0 Å². The van der Waals surface area contributed by atoms with Crippen molar-refractivity contribution in [2.75, 3.05) is 19.8 Å². The summed E-state index contributed by atoms with van der Waals surface area (Å²) in [5.74, 6) is -0.857. The molecule has 10 nitrogen and oxygen atoms in total. The molecule has 10 heteroatoms. The summed E-state index contributed by atoms with van der Waals surface area (Å²) in [7, 11) is 0. The number of rotatable bonds is 34. The predicted molar refractivity (Wildman–Crippen MR) is 219 cm³/mol. The first-order valence-corrected chi connectivity index (χ1v) is 21.4. The van der Waals surface area contributed by atoms with Crippen LogP contribution in [0.1, 0.15) is 155 Å². The predicted octanol–water partition coefficient (Wildman–Crippen LogP) is 8.66. The summed E-state index contributed by atoms with van der Waals surface area (Å²) in [5, 5.41) is 40.0. The van der Waals surface area contributed by atoms with E-state index in [1.54, 1.807) is 0 Å². The molecule has 0 aromatic carbocycles. The zero-order valence-electron chi connectivity index (χ0n) is 34.2. The Morgan fingerprint density at radius 2 is 1.09 bits per heavy atom. The molecule has 0 bridgehead atoms. The van der Waals surface area contributed by atoms with Gasteiger partial charge < -0.3 is 39.4 Å². The van der Waals surface area contributed by atoms with Crippen LogP contribution in [0.2, 0.25) is 0 Å². The Morgan fingerprint density at radius 3 is 1.69 bits per heavy atom. The molecular formula is C45H76O10. The third kappa shape index (κ3) is 27.6. The number of allylic oxidation sites excluding steroid dienone is 10. The van der Waals surface area contributed by atoms with Crippen LogP contribution in [0.4, 0.5) is 0 Å². The van der Waals surface area contributed by atoms with Gasteiger partial charge >= 0.3 is 11.9 Å². The fraction of sp³-hybridized carbons (Fsp3) is 0.733. The van der Waals surface area contributed by atoms with E-state index in [2.05, 4.69) is 44.2 Å². The maximum atomic E-state index is 12.7. The summed E-state index contributed by atoms with van der Waals surface area (Å²) < 4.78 is 22.1. The Labute approximate surface area is 332 Å². The average Bonchev–Trinajstić information content (AvgIpc) is 3.18. The molecule has 55 heavy (non-hydrogen) atoms. The molecule has 1 aliphatic heterocycles. The van der Waals surface area contributed by atoms with Gasteiger partial charge in [-0.1, -0.05) is 145 Å². The molecule has 4 N–H and O–H groups in total. The van der Waals surface area contributed by atoms with E-state index >= 15 is 0 Å². The number of aliphatic hydroxyl groups excluding tert-OH is 4. The molecule has 1 fully saturated rings. The summed E-state index contributed by atoms with van der Waals surface area (Å²) >= 11 is 0. The van der Waals surface area contributed by atoms with Gasteiger partial charge in [-0.05, 0) is 57.8 Å². The number of carbonyl (C=O) groups excluding carboxylic acids is 2. The molecule has 6 atom stereocenters. The Bertz CT molecular complexity index is 1080. The Hall–Kier alpha value is -2.60. The largest absolute Gasteiger partial charge is 0.462 e. The summed E-state index contributed by atoms with van der Waals surface area (Å²) in [4.78, 5) is 25.3. The lowest BCUT2D eigenvalue weighted by Crippen LogP contribution is -2.59. The SMILES string of the molecule is CC/C=C/C=C/C=C/C=C/CCCCCCCC(=O)OC[C@@H](CO[C@H]1O[C@@H](CO)[C@@H](O)C(O)C1O)OC(=O)CCCCC/C=C/CCCCCCCCCC. The van der Waals surface area contributed by atoms with Gasteiger partial charge in [0.05, 0.1) is 13.2 Å². The lowest BCUT2D eigenvalue weighted by molar-refractivity contribution is -0.305. The molecule has 0 aromatic rings. The van der Waals surface area contributed by atoms with Gasteiger partial charge in [0.15, 0.2) is 12.4 Å². The maximum Gasteiger partial charge on any atom is 0.306 e. The van der Waals surface area contributed by atoms with Gasteiger partial charge in [-0.15, -0.1) is 0 Å². The van der Waals surface area contributed by atoms with Crippen LogP contribution in [-0.2, 0) is 28.5 Å². The summed E-state index contributed by atoms with van der Waals surface area (Å²) in [6.07, 6.45) is 35.1. The van der Waals surface area contributed by atoms with E-state index in [-0.39, 0.29) is 26.1 Å². The molecule has 0 aromatic heterocycles.